The van der Waals surface area contributed by atoms with Crippen LogP contribution in [0.15, 0.2) is 47.3 Å². The molecule has 0 aliphatic rings. The molecule has 0 saturated carbocycles. The molecule has 1 amide bonds. The molecule has 5 nitrogen and oxygen atoms in total. The third kappa shape index (κ3) is 4.86. The van der Waals surface area contributed by atoms with Crippen molar-refractivity contribution >= 4 is 17.2 Å². The topological polar surface area (TPSA) is 60.5 Å². The number of aryl methyl sites for hydroxylation is 2. The van der Waals surface area contributed by atoms with E-state index in [-0.39, 0.29) is 5.91 Å². The van der Waals surface area contributed by atoms with Gasteiger partial charge in [-0.1, -0.05) is 23.8 Å². The lowest BCUT2D eigenvalue weighted by Crippen LogP contribution is -2.23. The van der Waals surface area contributed by atoms with Gasteiger partial charge in [0.25, 0.3) is 5.91 Å². The first-order valence-corrected chi connectivity index (χ1v) is 9.53. The van der Waals surface area contributed by atoms with E-state index in [0.717, 1.165) is 11.3 Å². The summed E-state index contributed by atoms with van der Waals surface area (Å²) in [5.41, 5.74) is 6.62. The number of benzene rings is 2. The molecule has 0 fully saturated rings. The molecule has 3 aromatic rings. The van der Waals surface area contributed by atoms with Crippen LogP contribution in [0.25, 0.3) is 0 Å². The summed E-state index contributed by atoms with van der Waals surface area (Å²) in [6, 6.07) is 11.4. The number of nitrogens with one attached hydrogen (secondary N) is 1. The Bertz CT molecular complexity index is 923. The van der Waals surface area contributed by atoms with Crippen molar-refractivity contribution in [3.05, 3.63) is 75.2 Å². The molecular weight excluding hydrogens is 360 g/mol. The fourth-order valence-electron chi connectivity index (χ4n) is 2.71. The van der Waals surface area contributed by atoms with Gasteiger partial charge < -0.3 is 14.8 Å². The molecule has 0 aliphatic carbocycles. The fraction of sp³-hybridized carbons (Fsp3) is 0.238. The van der Waals surface area contributed by atoms with Gasteiger partial charge in [0, 0.05) is 17.5 Å². The average molecular weight is 382 g/mol. The molecule has 0 radical (unpaired) electrons. The van der Waals surface area contributed by atoms with Crippen molar-refractivity contribution in [3.8, 4) is 11.5 Å². The molecule has 0 aliphatic heterocycles. The maximum Gasteiger partial charge on any atom is 0.251 e. The predicted molar refractivity (Wildman–Crippen MR) is 107 cm³/mol. The largest absolute Gasteiger partial charge is 0.493 e. The lowest BCUT2D eigenvalue weighted by atomic mass is 10.1. The number of carbonyl (C=O) groups excluding carboxylic acids is 1. The van der Waals surface area contributed by atoms with E-state index in [0.29, 0.717) is 30.2 Å². The summed E-state index contributed by atoms with van der Waals surface area (Å²) in [7, 11) is 1.56. The summed E-state index contributed by atoms with van der Waals surface area (Å²) < 4.78 is 11.1. The first kappa shape index (κ1) is 18.9. The molecule has 1 N–H and O–H groups in total. The van der Waals surface area contributed by atoms with Gasteiger partial charge in [0.2, 0.25) is 0 Å². The van der Waals surface area contributed by atoms with Crippen LogP contribution in [0.3, 0.4) is 0 Å². The summed E-state index contributed by atoms with van der Waals surface area (Å²) in [4.78, 5) is 16.7. The van der Waals surface area contributed by atoms with Gasteiger partial charge in [-0.25, -0.2) is 4.98 Å². The van der Waals surface area contributed by atoms with Gasteiger partial charge in [-0.2, -0.15) is 0 Å². The molecule has 0 atom stereocenters. The molecule has 3 rings (SSSR count). The van der Waals surface area contributed by atoms with Crippen molar-refractivity contribution in [1.82, 2.24) is 10.3 Å². The van der Waals surface area contributed by atoms with Crippen molar-refractivity contribution in [2.75, 3.05) is 7.11 Å². The van der Waals surface area contributed by atoms with Crippen LogP contribution in [0.4, 0.5) is 0 Å². The van der Waals surface area contributed by atoms with E-state index < -0.39 is 0 Å². The predicted octanol–water partition coefficient (Wildman–Crippen LogP) is 4.28. The number of amides is 1. The minimum atomic E-state index is -0.153. The number of methoxy groups -OCH3 is 1. The second kappa shape index (κ2) is 8.68. The quantitative estimate of drug-likeness (QED) is 0.663. The Kier molecular flexibility index (Phi) is 6.08. The molecule has 1 aromatic heterocycles. The van der Waals surface area contributed by atoms with Gasteiger partial charge in [0.05, 0.1) is 18.3 Å². The van der Waals surface area contributed by atoms with Crippen LogP contribution < -0.4 is 14.8 Å². The Balaban J connectivity index is 1.65. The summed E-state index contributed by atoms with van der Waals surface area (Å²) in [5, 5.41) is 4.89. The summed E-state index contributed by atoms with van der Waals surface area (Å²) >= 11 is 1.52. The van der Waals surface area contributed by atoms with Crippen molar-refractivity contribution in [2.24, 2.45) is 0 Å². The minimum absolute atomic E-state index is 0.153. The summed E-state index contributed by atoms with van der Waals surface area (Å²) in [5.74, 6) is 0.945. The molecule has 0 unspecified atom stereocenters. The summed E-state index contributed by atoms with van der Waals surface area (Å²) in [6.45, 7) is 4.94. The van der Waals surface area contributed by atoms with Crippen LogP contribution in [-0.2, 0) is 13.2 Å². The first-order valence-electron chi connectivity index (χ1n) is 8.59. The Morgan fingerprint density at radius 2 is 2.00 bits per heavy atom. The SMILES string of the molecule is COc1cc(C(=O)NCc2ccc(C)cc2C)ccc1OCc1cscn1. The fourth-order valence-corrected chi connectivity index (χ4v) is 3.25. The Hall–Kier alpha value is -2.86. The van der Waals surface area contributed by atoms with Gasteiger partial charge in [-0.3, -0.25) is 4.79 Å². The van der Waals surface area contributed by atoms with E-state index in [2.05, 4.69) is 23.3 Å². The molecule has 0 saturated heterocycles. The van der Waals surface area contributed by atoms with Gasteiger partial charge >= 0.3 is 0 Å². The highest BCUT2D eigenvalue weighted by molar-refractivity contribution is 7.07. The molecule has 1 heterocycles. The van der Waals surface area contributed by atoms with Gasteiger partial charge in [0.1, 0.15) is 6.61 Å². The van der Waals surface area contributed by atoms with Crippen LogP contribution in [0.1, 0.15) is 32.7 Å². The van der Waals surface area contributed by atoms with Crippen molar-refractivity contribution in [3.63, 3.8) is 0 Å². The monoisotopic (exact) mass is 382 g/mol. The van der Waals surface area contributed by atoms with E-state index in [1.165, 1.54) is 22.5 Å². The smallest absolute Gasteiger partial charge is 0.251 e. The molecule has 2 aromatic carbocycles. The number of aromatic nitrogens is 1. The van der Waals surface area contributed by atoms with Crippen molar-refractivity contribution in [1.29, 1.82) is 0 Å². The number of nitrogens with zero attached hydrogens (tertiary/aromatic N) is 1. The highest BCUT2D eigenvalue weighted by Crippen LogP contribution is 2.29. The average Bonchev–Trinajstić information content (AvgIpc) is 3.19. The third-order valence-corrected chi connectivity index (χ3v) is 4.86. The normalized spacial score (nSPS) is 10.5. The molecule has 0 spiro atoms. The third-order valence-electron chi connectivity index (χ3n) is 4.22. The first-order chi connectivity index (χ1) is 13.1. The van der Waals surface area contributed by atoms with Crippen LogP contribution in [0, 0.1) is 13.8 Å². The number of thiazole rings is 1. The zero-order valence-corrected chi connectivity index (χ0v) is 16.4. The van der Waals surface area contributed by atoms with E-state index in [1.54, 1.807) is 30.8 Å². The van der Waals surface area contributed by atoms with Gasteiger partial charge in [-0.05, 0) is 43.2 Å². The molecule has 0 bridgehead atoms. The van der Waals surface area contributed by atoms with Crippen molar-refractivity contribution in [2.45, 2.75) is 27.0 Å². The molecule has 6 heteroatoms. The number of ether oxygens (including phenoxy) is 2. The second-order valence-corrected chi connectivity index (χ2v) is 6.97. The maximum absolute atomic E-state index is 12.5. The summed E-state index contributed by atoms with van der Waals surface area (Å²) in [6.07, 6.45) is 0. The maximum atomic E-state index is 12.5. The van der Waals surface area contributed by atoms with Crippen LogP contribution >= 0.6 is 11.3 Å². The molecule has 140 valence electrons. The zero-order chi connectivity index (χ0) is 19.2. The lowest BCUT2D eigenvalue weighted by molar-refractivity contribution is 0.0950. The Morgan fingerprint density at radius 3 is 2.70 bits per heavy atom. The molecular formula is C21H22N2O3S. The van der Waals surface area contributed by atoms with Crippen LogP contribution in [0.5, 0.6) is 11.5 Å². The number of rotatable bonds is 7. The minimum Gasteiger partial charge on any atom is -0.493 e. The van der Waals surface area contributed by atoms with E-state index >= 15 is 0 Å². The standard InChI is InChI=1S/C21H22N2O3S/c1-14-4-5-17(15(2)8-14)10-22-21(24)16-6-7-19(20(9-16)25-3)26-11-18-12-27-13-23-18/h4-9,12-13H,10-11H2,1-3H3,(H,22,24). The van der Waals surface area contributed by atoms with Crippen LogP contribution in [-0.4, -0.2) is 18.0 Å². The number of hydrogen-bond acceptors (Lipinski definition) is 5. The van der Waals surface area contributed by atoms with E-state index in [9.17, 15) is 4.79 Å². The number of hydrogen-bond donors (Lipinski definition) is 1. The van der Waals surface area contributed by atoms with Crippen LogP contribution in [0.2, 0.25) is 0 Å². The highest BCUT2D eigenvalue weighted by atomic mass is 32.1. The molecule has 27 heavy (non-hydrogen) atoms. The Morgan fingerprint density at radius 1 is 1.15 bits per heavy atom. The van der Waals surface area contributed by atoms with E-state index in [1.807, 2.05) is 24.4 Å². The highest BCUT2D eigenvalue weighted by Gasteiger charge is 2.12. The number of carbonyl (C=O) groups is 1. The van der Waals surface area contributed by atoms with Gasteiger partial charge in [-0.15, -0.1) is 11.3 Å². The van der Waals surface area contributed by atoms with E-state index in [4.69, 9.17) is 9.47 Å². The second-order valence-electron chi connectivity index (χ2n) is 6.25. The zero-order valence-electron chi connectivity index (χ0n) is 15.6. The van der Waals surface area contributed by atoms with Crippen molar-refractivity contribution < 1.29 is 14.3 Å². The van der Waals surface area contributed by atoms with Gasteiger partial charge in [0.15, 0.2) is 11.5 Å². The lowest BCUT2D eigenvalue weighted by Gasteiger charge is -2.12. The Labute approximate surface area is 163 Å².